The van der Waals surface area contributed by atoms with E-state index in [0.717, 1.165) is 21.8 Å². The van der Waals surface area contributed by atoms with Crippen molar-refractivity contribution in [3.8, 4) is 0 Å². The van der Waals surface area contributed by atoms with Gasteiger partial charge in [-0.05, 0) is 20.3 Å². The van der Waals surface area contributed by atoms with E-state index in [2.05, 4.69) is 59.0 Å². The van der Waals surface area contributed by atoms with Crippen LogP contribution >= 0.6 is 45.2 Å². The standard InChI is InChI=1S/C13H25I2NO2/c1-4-5-6-7-8-16(11(2)9-14)13(17)18-12(3)10-15/h11-12H,4-10H2,1-3H3. The summed E-state index contributed by atoms with van der Waals surface area (Å²) in [6.45, 7) is 7.04. The lowest BCUT2D eigenvalue weighted by Gasteiger charge is -2.28. The molecule has 0 N–H and O–H groups in total. The molecule has 0 saturated heterocycles. The van der Waals surface area contributed by atoms with Crippen LogP contribution in [-0.2, 0) is 4.74 Å². The van der Waals surface area contributed by atoms with Crippen molar-refractivity contribution in [2.75, 3.05) is 15.4 Å². The molecule has 1 amide bonds. The Balaban J connectivity index is 4.24. The van der Waals surface area contributed by atoms with Gasteiger partial charge < -0.3 is 9.64 Å². The van der Waals surface area contributed by atoms with Gasteiger partial charge in [0.1, 0.15) is 6.10 Å². The van der Waals surface area contributed by atoms with Crippen molar-refractivity contribution < 1.29 is 9.53 Å². The van der Waals surface area contributed by atoms with E-state index >= 15 is 0 Å². The number of hydrogen-bond acceptors (Lipinski definition) is 2. The Bertz CT molecular complexity index is 227. The van der Waals surface area contributed by atoms with Crippen LogP contribution in [-0.4, -0.2) is 38.5 Å². The number of carbonyl (C=O) groups excluding carboxylic acids is 1. The van der Waals surface area contributed by atoms with Crippen molar-refractivity contribution in [2.24, 2.45) is 0 Å². The van der Waals surface area contributed by atoms with Gasteiger partial charge in [-0.15, -0.1) is 0 Å². The second kappa shape index (κ2) is 11.5. The Morgan fingerprint density at radius 1 is 1.17 bits per heavy atom. The Labute approximate surface area is 139 Å². The third-order valence-corrected chi connectivity index (χ3v) is 5.28. The first-order valence-corrected chi connectivity index (χ1v) is 9.71. The zero-order valence-corrected chi connectivity index (χ0v) is 15.9. The van der Waals surface area contributed by atoms with Crippen molar-refractivity contribution in [3.05, 3.63) is 0 Å². The van der Waals surface area contributed by atoms with Crippen LogP contribution in [0.5, 0.6) is 0 Å². The van der Waals surface area contributed by atoms with Gasteiger partial charge in [0.05, 0.1) is 0 Å². The molecular weight excluding hydrogens is 456 g/mol. The zero-order chi connectivity index (χ0) is 14.0. The highest BCUT2D eigenvalue weighted by Gasteiger charge is 2.21. The molecule has 0 aromatic rings. The van der Waals surface area contributed by atoms with E-state index in [-0.39, 0.29) is 18.2 Å². The van der Waals surface area contributed by atoms with Gasteiger partial charge in [0.15, 0.2) is 0 Å². The number of rotatable bonds is 9. The molecule has 0 radical (unpaired) electrons. The molecule has 0 aliphatic heterocycles. The van der Waals surface area contributed by atoms with Crippen molar-refractivity contribution in [1.29, 1.82) is 0 Å². The van der Waals surface area contributed by atoms with Crippen LogP contribution in [0.15, 0.2) is 0 Å². The van der Waals surface area contributed by atoms with Crippen LogP contribution < -0.4 is 0 Å². The highest BCUT2D eigenvalue weighted by Crippen LogP contribution is 2.11. The number of amides is 1. The van der Waals surface area contributed by atoms with E-state index in [1.54, 1.807) is 0 Å². The summed E-state index contributed by atoms with van der Waals surface area (Å²) in [5.41, 5.74) is 0. The summed E-state index contributed by atoms with van der Waals surface area (Å²) < 4.78 is 7.20. The van der Waals surface area contributed by atoms with E-state index in [1.165, 1.54) is 19.3 Å². The molecule has 3 nitrogen and oxygen atoms in total. The Kier molecular flexibility index (Phi) is 12.0. The maximum Gasteiger partial charge on any atom is 0.410 e. The number of halogens is 2. The number of carbonyl (C=O) groups is 1. The average Bonchev–Trinajstić information content (AvgIpc) is 2.37. The lowest BCUT2D eigenvalue weighted by Crippen LogP contribution is -2.42. The molecule has 0 aliphatic rings. The van der Waals surface area contributed by atoms with Gasteiger partial charge >= 0.3 is 6.09 Å². The van der Waals surface area contributed by atoms with E-state index in [9.17, 15) is 4.79 Å². The Morgan fingerprint density at radius 3 is 2.33 bits per heavy atom. The van der Waals surface area contributed by atoms with Crippen LogP contribution in [0.4, 0.5) is 4.79 Å². The van der Waals surface area contributed by atoms with Crippen LogP contribution in [0.25, 0.3) is 0 Å². The molecule has 2 unspecified atom stereocenters. The fourth-order valence-electron chi connectivity index (χ4n) is 1.56. The fraction of sp³-hybridized carbons (Fsp3) is 0.923. The smallest absolute Gasteiger partial charge is 0.410 e. The minimum Gasteiger partial charge on any atom is -0.446 e. The fourth-order valence-corrected chi connectivity index (χ4v) is 2.21. The predicted octanol–water partition coefficient (Wildman–Crippen LogP) is 4.65. The molecule has 0 aromatic carbocycles. The summed E-state index contributed by atoms with van der Waals surface area (Å²) in [7, 11) is 0. The van der Waals surface area contributed by atoms with Crippen molar-refractivity contribution in [3.63, 3.8) is 0 Å². The quantitative estimate of drug-likeness (QED) is 0.273. The number of nitrogens with zero attached hydrogens (tertiary/aromatic N) is 1. The van der Waals surface area contributed by atoms with Crippen LogP contribution in [0.2, 0.25) is 0 Å². The first-order chi connectivity index (χ1) is 8.56. The lowest BCUT2D eigenvalue weighted by molar-refractivity contribution is 0.0705. The second-order valence-electron chi connectivity index (χ2n) is 4.61. The minimum atomic E-state index is -0.153. The highest BCUT2D eigenvalue weighted by atomic mass is 127. The first-order valence-electron chi connectivity index (χ1n) is 6.65. The van der Waals surface area contributed by atoms with Crippen LogP contribution in [0, 0.1) is 0 Å². The molecule has 2 atom stereocenters. The Morgan fingerprint density at radius 2 is 1.83 bits per heavy atom. The number of alkyl halides is 2. The number of hydrogen-bond donors (Lipinski definition) is 0. The molecule has 0 heterocycles. The summed E-state index contributed by atoms with van der Waals surface area (Å²) in [6, 6.07) is 0.251. The number of unbranched alkanes of at least 4 members (excludes halogenated alkanes) is 3. The summed E-state index contributed by atoms with van der Waals surface area (Å²) in [5.74, 6) is 0. The van der Waals surface area contributed by atoms with Crippen molar-refractivity contribution >= 4 is 51.3 Å². The van der Waals surface area contributed by atoms with Crippen molar-refractivity contribution in [2.45, 2.75) is 58.6 Å². The van der Waals surface area contributed by atoms with E-state index in [1.807, 2.05) is 11.8 Å². The third-order valence-electron chi connectivity index (χ3n) is 2.76. The molecule has 5 heteroatoms. The zero-order valence-electron chi connectivity index (χ0n) is 11.6. The molecule has 0 spiro atoms. The molecular formula is C13H25I2NO2. The van der Waals surface area contributed by atoms with Gasteiger partial charge in [-0.2, -0.15) is 0 Å². The predicted molar refractivity (Wildman–Crippen MR) is 94.0 cm³/mol. The van der Waals surface area contributed by atoms with Crippen LogP contribution in [0.3, 0.4) is 0 Å². The maximum atomic E-state index is 12.1. The third kappa shape index (κ3) is 8.01. The van der Waals surface area contributed by atoms with E-state index < -0.39 is 0 Å². The van der Waals surface area contributed by atoms with Crippen molar-refractivity contribution in [1.82, 2.24) is 4.90 Å². The minimum absolute atomic E-state index is 0.00217. The largest absolute Gasteiger partial charge is 0.446 e. The highest BCUT2D eigenvalue weighted by molar-refractivity contribution is 14.1. The SMILES string of the molecule is CCCCCCN(C(=O)OC(C)CI)C(C)CI. The van der Waals surface area contributed by atoms with Gasteiger partial charge in [0.2, 0.25) is 0 Å². The molecule has 108 valence electrons. The topological polar surface area (TPSA) is 29.5 Å². The van der Waals surface area contributed by atoms with Gasteiger partial charge in [-0.3, -0.25) is 0 Å². The second-order valence-corrected chi connectivity index (χ2v) is 6.37. The molecule has 0 saturated carbocycles. The Hall–Kier alpha value is 0.730. The molecule has 0 rings (SSSR count). The van der Waals surface area contributed by atoms with Gasteiger partial charge in [0, 0.05) is 21.4 Å². The van der Waals surface area contributed by atoms with Gasteiger partial charge in [-0.1, -0.05) is 71.4 Å². The molecule has 18 heavy (non-hydrogen) atoms. The van der Waals surface area contributed by atoms with Crippen LogP contribution in [0.1, 0.15) is 46.5 Å². The van der Waals surface area contributed by atoms with Gasteiger partial charge in [0.25, 0.3) is 0 Å². The maximum absolute atomic E-state index is 12.1. The monoisotopic (exact) mass is 481 g/mol. The normalized spacial score (nSPS) is 14.1. The summed E-state index contributed by atoms with van der Waals surface area (Å²) in [5, 5.41) is 0. The number of ether oxygens (including phenoxy) is 1. The molecule has 0 fully saturated rings. The summed E-state index contributed by atoms with van der Waals surface area (Å²) in [4.78, 5) is 14.0. The van der Waals surface area contributed by atoms with Gasteiger partial charge in [-0.25, -0.2) is 4.79 Å². The molecule has 0 bridgehead atoms. The van der Waals surface area contributed by atoms with E-state index in [0.29, 0.717) is 0 Å². The molecule has 0 aliphatic carbocycles. The van der Waals surface area contributed by atoms with E-state index in [4.69, 9.17) is 4.74 Å². The summed E-state index contributed by atoms with van der Waals surface area (Å²) >= 11 is 4.56. The molecule has 0 aromatic heterocycles. The average molecular weight is 481 g/mol. The first kappa shape index (κ1) is 18.7. The lowest BCUT2D eigenvalue weighted by atomic mass is 10.2. The summed E-state index contributed by atoms with van der Waals surface area (Å²) in [6.07, 6.45) is 4.57.